The van der Waals surface area contributed by atoms with E-state index in [4.69, 9.17) is 15.6 Å². The van der Waals surface area contributed by atoms with Crippen molar-refractivity contribution in [2.24, 2.45) is 0 Å². The molecule has 0 unspecified atom stereocenters. The molecule has 1 amide bonds. The zero-order valence-electron chi connectivity index (χ0n) is 19.8. The summed E-state index contributed by atoms with van der Waals surface area (Å²) in [6.45, 7) is 8.23. The highest BCUT2D eigenvalue weighted by Crippen LogP contribution is 2.24. The maximum Gasteiger partial charge on any atom is 0.409 e. The lowest BCUT2D eigenvalue weighted by atomic mass is 10.0. The van der Waals surface area contributed by atoms with Crippen LogP contribution in [0.3, 0.4) is 0 Å². The lowest BCUT2D eigenvalue weighted by molar-refractivity contribution is 0.0416. The van der Waals surface area contributed by atoms with Crippen LogP contribution in [-0.4, -0.2) is 95.9 Å². The zero-order valence-corrected chi connectivity index (χ0v) is 19.8. The molecular weight excluding hydrogens is 420 g/mol. The highest BCUT2D eigenvalue weighted by molar-refractivity contribution is 6.12. The fourth-order valence-electron chi connectivity index (χ4n) is 4.65. The van der Waals surface area contributed by atoms with Gasteiger partial charge in [0.25, 0.3) is 0 Å². The standard InChI is InChI=1S/C24H36N6O3/c1-4-33-24(32)28-11-9-18(10-12-28)29-13-14-30(17(2)16-29)21(23(26)27-3)15-20(25)19-7-5-6-8-22(19)31/h5-8,15,17-18,25,31H,4,9-14,16H2,1-3H3,(H2,26,27)/b21-15+,25-20?/t17-/m0/s1. The minimum Gasteiger partial charge on any atom is -0.507 e. The van der Waals surface area contributed by atoms with Gasteiger partial charge in [-0.2, -0.15) is 0 Å². The first-order valence-corrected chi connectivity index (χ1v) is 11.6. The molecule has 9 nitrogen and oxygen atoms in total. The third-order valence-electron chi connectivity index (χ3n) is 6.46. The maximum absolute atomic E-state index is 12.0. The molecular formula is C24H36N6O3. The summed E-state index contributed by atoms with van der Waals surface area (Å²) in [5, 5.41) is 30.0. The molecule has 0 radical (unpaired) electrons. The number of likely N-dealkylation sites (N-methyl/N-ethyl adjacent to an activating group) is 1. The number of phenols is 1. The summed E-state index contributed by atoms with van der Waals surface area (Å²) >= 11 is 0. The van der Waals surface area contributed by atoms with E-state index in [-0.39, 0.29) is 29.4 Å². The van der Waals surface area contributed by atoms with Crippen molar-refractivity contribution < 1.29 is 14.6 Å². The average molecular weight is 457 g/mol. The highest BCUT2D eigenvalue weighted by atomic mass is 16.6. The number of para-hydroxylation sites is 1. The lowest BCUT2D eigenvalue weighted by Gasteiger charge is -2.46. The third kappa shape index (κ3) is 5.84. The predicted molar refractivity (Wildman–Crippen MR) is 129 cm³/mol. The Morgan fingerprint density at radius 3 is 2.52 bits per heavy atom. The molecule has 3 rings (SSSR count). The van der Waals surface area contributed by atoms with E-state index in [2.05, 4.69) is 22.0 Å². The molecule has 0 saturated carbocycles. The van der Waals surface area contributed by atoms with E-state index in [0.717, 1.165) is 32.5 Å². The Morgan fingerprint density at radius 1 is 1.21 bits per heavy atom. The second-order valence-electron chi connectivity index (χ2n) is 8.54. The molecule has 0 bridgehead atoms. The molecule has 2 heterocycles. The number of hydrogen-bond donors (Lipinski definition) is 4. The Morgan fingerprint density at radius 2 is 1.91 bits per heavy atom. The Hall–Kier alpha value is -3.07. The molecule has 9 heteroatoms. The largest absolute Gasteiger partial charge is 0.507 e. The maximum atomic E-state index is 12.0. The van der Waals surface area contributed by atoms with Crippen molar-refractivity contribution in [1.82, 2.24) is 20.0 Å². The van der Waals surface area contributed by atoms with Gasteiger partial charge in [-0.3, -0.25) is 10.3 Å². The fourth-order valence-corrected chi connectivity index (χ4v) is 4.65. The minimum atomic E-state index is -0.221. The van der Waals surface area contributed by atoms with Gasteiger partial charge in [0.2, 0.25) is 0 Å². The molecule has 1 aromatic carbocycles. The fraction of sp³-hybridized carbons (Fsp3) is 0.542. The number of likely N-dealkylation sites (tertiary alicyclic amines) is 1. The minimum absolute atomic E-state index is 0.0566. The molecule has 2 aliphatic rings. The third-order valence-corrected chi connectivity index (χ3v) is 6.46. The number of phenolic OH excluding ortho intramolecular Hbond substituents is 1. The van der Waals surface area contributed by atoms with E-state index < -0.39 is 0 Å². The molecule has 4 N–H and O–H groups in total. The number of aromatic hydroxyl groups is 1. The van der Waals surface area contributed by atoms with Crippen LogP contribution in [0.25, 0.3) is 0 Å². The molecule has 33 heavy (non-hydrogen) atoms. The van der Waals surface area contributed by atoms with Crippen LogP contribution in [0.1, 0.15) is 32.3 Å². The van der Waals surface area contributed by atoms with Crippen LogP contribution in [0.2, 0.25) is 0 Å². The number of nitrogens with zero attached hydrogens (tertiary/aromatic N) is 3. The number of carbonyl (C=O) groups excluding carboxylic acids is 1. The van der Waals surface area contributed by atoms with Crippen molar-refractivity contribution in [3.63, 3.8) is 0 Å². The van der Waals surface area contributed by atoms with Gasteiger partial charge in [-0.1, -0.05) is 12.1 Å². The first kappa shape index (κ1) is 24.6. The van der Waals surface area contributed by atoms with E-state index >= 15 is 0 Å². The van der Waals surface area contributed by atoms with Crippen LogP contribution in [0, 0.1) is 10.8 Å². The van der Waals surface area contributed by atoms with Gasteiger partial charge in [0.1, 0.15) is 11.6 Å². The number of ether oxygens (including phenoxy) is 1. The molecule has 2 aliphatic heterocycles. The van der Waals surface area contributed by atoms with Gasteiger partial charge in [0.15, 0.2) is 0 Å². The van der Waals surface area contributed by atoms with Crippen LogP contribution in [0.5, 0.6) is 5.75 Å². The van der Waals surface area contributed by atoms with E-state index in [0.29, 0.717) is 37.0 Å². The molecule has 0 spiro atoms. The van der Waals surface area contributed by atoms with Crippen LogP contribution in [0.15, 0.2) is 36.0 Å². The molecule has 2 fully saturated rings. The first-order chi connectivity index (χ1) is 15.8. The van der Waals surface area contributed by atoms with E-state index in [1.165, 1.54) is 0 Å². The summed E-state index contributed by atoms with van der Waals surface area (Å²) in [6, 6.07) is 7.36. The molecule has 1 aromatic rings. The number of piperidine rings is 1. The van der Waals surface area contributed by atoms with Gasteiger partial charge in [-0.25, -0.2) is 4.79 Å². The smallest absolute Gasteiger partial charge is 0.409 e. The van der Waals surface area contributed by atoms with Gasteiger partial charge < -0.3 is 30.4 Å². The van der Waals surface area contributed by atoms with Crippen LogP contribution in [0.4, 0.5) is 4.79 Å². The average Bonchev–Trinajstić information content (AvgIpc) is 2.82. The predicted octanol–water partition coefficient (Wildman–Crippen LogP) is 2.47. The quantitative estimate of drug-likeness (QED) is 0.386. The number of piperazine rings is 1. The summed E-state index contributed by atoms with van der Waals surface area (Å²) in [4.78, 5) is 18.4. The van der Waals surface area contributed by atoms with Gasteiger partial charge in [0.05, 0.1) is 18.0 Å². The van der Waals surface area contributed by atoms with Crippen molar-refractivity contribution in [3.8, 4) is 5.75 Å². The number of rotatable bonds is 6. The second-order valence-corrected chi connectivity index (χ2v) is 8.54. The Balaban J connectivity index is 1.66. The molecule has 0 aliphatic carbocycles. The summed E-state index contributed by atoms with van der Waals surface area (Å²) < 4.78 is 5.13. The summed E-state index contributed by atoms with van der Waals surface area (Å²) in [5.74, 6) is 0.305. The van der Waals surface area contributed by atoms with Crippen LogP contribution < -0.4 is 5.32 Å². The van der Waals surface area contributed by atoms with Gasteiger partial charge in [0, 0.05) is 57.4 Å². The summed E-state index contributed by atoms with van der Waals surface area (Å²) in [5.41, 5.74) is 1.26. The van der Waals surface area contributed by atoms with Crippen molar-refractivity contribution in [3.05, 3.63) is 41.6 Å². The van der Waals surface area contributed by atoms with Crippen molar-refractivity contribution in [2.45, 2.75) is 38.8 Å². The van der Waals surface area contributed by atoms with E-state index in [9.17, 15) is 9.90 Å². The number of nitrogens with one attached hydrogen (secondary N) is 3. The summed E-state index contributed by atoms with van der Waals surface area (Å²) in [7, 11) is 1.71. The van der Waals surface area contributed by atoms with E-state index in [1.807, 2.05) is 6.92 Å². The van der Waals surface area contributed by atoms with E-state index in [1.54, 1.807) is 42.3 Å². The number of benzene rings is 1. The van der Waals surface area contributed by atoms with Crippen molar-refractivity contribution in [2.75, 3.05) is 46.4 Å². The number of allylic oxidation sites excluding steroid dienone is 1. The highest BCUT2D eigenvalue weighted by Gasteiger charge is 2.33. The van der Waals surface area contributed by atoms with Gasteiger partial charge >= 0.3 is 6.09 Å². The molecule has 1 atom stereocenters. The van der Waals surface area contributed by atoms with Crippen molar-refractivity contribution in [1.29, 1.82) is 10.8 Å². The monoisotopic (exact) mass is 456 g/mol. The second kappa shape index (κ2) is 11.2. The summed E-state index contributed by atoms with van der Waals surface area (Å²) in [6.07, 6.45) is 3.30. The zero-order chi connectivity index (χ0) is 24.0. The molecule has 0 aromatic heterocycles. The Labute approximate surface area is 196 Å². The normalized spacial score (nSPS) is 20.5. The number of amidine groups is 1. The topological polar surface area (TPSA) is 116 Å². The first-order valence-electron chi connectivity index (χ1n) is 11.6. The van der Waals surface area contributed by atoms with Crippen LogP contribution in [-0.2, 0) is 4.74 Å². The molecule has 2 saturated heterocycles. The van der Waals surface area contributed by atoms with Gasteiger partial charge in [-0.15, -0.1) is 0 Å². The number of hydrogen-bond acceptors (Lipinski definition) is 7. The number of carbonyl (C=O) groups is 1. The van der Waals surface area contributed by atoms with Crippen molar-refractivity contribution >= 4 is 17.6 Å². The Bertz CT molecular complexity index is 894. The van der Waals surface area contributed by atoms with Crippen LogP contribution >= 0.6 is 0 Å². The lowest BCUT2D eigenvalue weighted by Crippen LogP contribution is -2.57. The number of amides is 1. The van der Waals surface area contributed by atoms with Gasteiger partial charge in [-0.05, 0) is 44.9 Å². The SMILES string of the molecule is CCOC(=O)N1CCC(N2CCN(/C(=C/C(=N)c3ccccc3O)C(=N)NC)[C@@H](C)C2)CC1. The Kier molecular flexibility index (Phi) is 8.32. The molecule has 180 valence electrons.